The molecule has 1 aliphatic carbocycles. The lowest BCUT2D eigenvalue weighted by Crippen LogP contribution is -2.27. The molecule has 3 N–H and O–H groups in total. The SMILES string of the molecule is O=C1CC[C@H](CO)[C@H]1COCC(O)CO. The summed E-state index contributed by atoms with van der Waals surface area (Å²) in [6.45, 7) is -0.0933. The van der Waals surface area contributed by atoms with E-state index in [1.165, 1.54) is 0 Å². The summed E-state index contributed by atoms with van der Waals surface area (Å²) in [7, 11) is 0. The van der Waals surface area contributed by atoms with Crippen LogP contribution in [0.5, 0.6) is 0 Å². The number of hydrogen-bond acceptors (Lipinski definition) is 5. The van der Waals surface area contributed by atoms with Crippen molar-refractivity contribution >= 4 is 5.78 Å². The number of aliphatic hydroxyl groups excluding tert-OH is 3. The standard InChI is InChI=1S/C10H18O5/c11-3-7-1-2-10(14)9(7)6-15-5-8(13)4-12/h7-9,11-13H,1-6H2/t7-,8?,9-/m1/s1. The Morgan fingerprint density at radius 2 is 2.20 bits per heavy atom. The van der Waals surface area contributed by atoms with Crippen LogP contribution in [0.3, 0.4) is 0 Å². The van der Waals surface area contributed by atoms with Gasteiger partial charge in [0.2, 0.25) is 0 Å². The summed E-state index contributed by atoms with van der Waals surface area (Å²) in [6, 6.07) is 0. The Morgan fingerprint density at radius 3 is 2.80 bits per heavy atom. The topological polar surface area (TPSA) is 87.0 Å². The molecule has 1 rings (SSSR count). The van der Waals surface area contributed by atoms with Gasteiger partial charge in [0.15, 0.2) is 0 Å². The Kier molecular flexibility index (Phi) is 5.17. The van der Waals surface area contributed by atoms with Crippen LogP contribution in [-0.2, 0) is 9.53 Å². The second-order valence-electron chi connectivity index (χ2n) is 3.93. The fourth-order valence-electron chi connectivity index (χ4n) is 1.81. The third kappa shape index (κ3) is 3.53. The molecule has 5 nitrogen and oxygen atoms in total. The molecular weight excluding hydrogens is 200 g/mol. The third-order valence-corrected chi connectivity index (χ3v) is 2.80. The first-order chi connectivity index (χ1) is 7.19. The van der Waals surface area contributed by atoms with Crippen molar-refractivity contribution in [3.63, 3.8) is 0 Å². The van der Waals surface area contributed by atoms with Crippen LogP contribution in [0, 0.1) is 11.8 Å². The van der Waals surface area contributed by atoms with Crippen molar-refractivity contribution in [2.45, 2.75) is 18.9 Å². The summed E-state index contributed by atoms with van der Waals surface area (Å²) in [5, 5.41) is 26.6. The lowest BCUT2D eigenvalue weighted by molar-refractivity contribution is -0.124. The van der Waals surface area contributed by atoms with E-state index in [0.29, 0.717) is 12.8 Å². The van der Waals surface area contributed by atoms with Crippen molar-refractivity contribution in [1.29, 1.82) is 0 Å². The number of carbonyl (C=O) groups is 1. The Bertz CT molecular complexity index is 206. The molecule has 0 bridgehead atoms. The van der Waals surface area contributed by atoms with Crippen molar-refractivity contribution < 1.29 is 24.9 Å². The Labute approximate surface area is 88.7 Å². The van der Waals surface area contributed by atoms with Crippen LogP contribution < -0.4 is 0 Å². The summed E-state index contributed by atoms with van der Waals surface area (Å²) in [5.41, 5.74) is 0. The first-order valence-corrected chi connectivity index (χ1v) is 5.19. The molecule has 0 amide bonds. The van der Waals surface area contributed by atoms with E-state index in [9.17, 15) is 4.79 Å². The lowest BCUT2D eigenvalue weighted by Gasteiger charge is -2.16. The van der Waals surface area contributed by atoms with Gasteiger partial charge in [-0.25, -0.2) is 0 Å². The molecular formula is C10H18O5. The molecule has 5 heteroatoms. The van der Waals surface area contributed by atoms with Gasteiger partial charge in [-0.2, -0.15) is 0 Å². The zero-order valence-electron chi connectivity index (χ0n) is 8.63. The van der Waals surface area contributed by atoms with Crippen LogP contribution in [0.25, 0.3) is 0 Å². The molecule has 0 aliphatic heterocycles. The summed E-state index contributed by atoms with van der Waals surface area (Å²) in [5.74, 6) is -0.141. The molecule has 1 aliphatic rings. The molecule has 0 spiro atoms. The quantitative estimate of drug-likeness (QED) is 0.529. The molecule has 1 fully saturated rings. The summed E-state index contributed by atoms with van der Waals surface area (Å²) in [4.78, 5) is 11.4. The summed E-state index contributed by atoms with van der Waals surface area (Å²) < 4.78 is 5.13. The van der Waals surface area contributed by atoms with E-state index in [-0.39, 0.29) is 44.0 Å². The van der Waals surface area contributed by atoms with Crippen LogP contribution in [0.1, 0.15) is 12.8 Å². The maximum absolute atomic E-state index is 11.4. The van der Waals surface area contributed by atoms with Crippen molar-refractivity contribution in [2.75, 3.05) is 26.4 Å². The van der Waals surface area contributed by atoms with E-state index in [1.807, 2.05) is 0 Å². The van der Waals surface area contributed by atoms with E-state index < -0.39 is 6.10 Å². The highest BCUT2D eigenvalue weighted by Gasteiger charge is 2.34. The second kappa shape index (κ2) is 6.17. The van der Waals surface area contributed by atoms with Crippen molar-refractivity contribution in [3.8, 4) is 0 Å². The van der Waals surface area contributed by atoms with Gasteiger partial charge in [0.05, 0.1) is 19.8 Å². The molecule has 1 unspecified atom stereocenters. The normalized spacial score (nSPS) is 28.3. The van der Waals surface area contributed by atoms with E-state index in [1.54, 1.807) is 0 Å². The molecule has 0 aromatic heterocycles. The zero-order chi connectivity index (χ0) is 11.3. The van der Waals surface area contributed by atoms with Gasteiger partial charge in [0, 0.05) is 18.9 Å². The highest BCUT2D eigenvalue weighted by atomic mass is 16.5. The predicted octanol–water partition coefficient (Wildman–Crippen LogP) is -1.06. The largest absolute Gasteiger partial charge is 0.396 e. The van der Waals surface area contributed by atoms with Crippen LogP contribution in [0.15, 0.2) is 0 Å². The van der Waals surface area contributed by atoms with Crippen molar-refractivity contribution in [1.82, 2.24) is 0 Å². The van der Waals surface area contributed by atoms with Gasteiger partial charge in [0.1, 0.15) is 11.9 Å². The first kappa shape index (κ1) is 12.6. The number of hydrogen-bond donors (Lipinski definition) is 3. The maximum atomic E-state index is 11.4. The average molecular weight is 218 g/mol. The molecule has 0 heterocycles. The lowest BCUT2D eigenvalue weighted by atomic mass is 9.97. The van der Waals surface area contributed by atoms with Crippen LogP contribution in [0.4, 0.5) is 0 Å². The highest BCUT2D eigenvalue weighted by Crippen LogP contribution is 2.28. The van der Waals surface area contributed by atoms with Gasteiger partial charge in [-0.3, -0.25) is 4.79 Å². The van der Waals surface area contributed by atoms with Gasteiger partial charge < -0.3 is 20.1 Å². The predicted molar refractivity (Wildman–Crippen MR) is 52.2 cm³/mol. The maximum Gasteiger partial charge on any atom is 0.138 e. The summed E-state index contributed by atoms with van der Waals surface area (Å²) in [6.07, 6.45) is 0.322. The average Bonchev–Trinajstić information content (AvgIpc) is 2.60. The molecule has 0 aromatic carbocycles. The Morgan fingerprint density at radius 1 is 1.47 bits per heavy atom. The number of carbonyl (C=O) groups excluding carboxylic acids is 1. The fraction of sp³-hybridized carbons (Fsp3) is 0.900. The Hall–Kier alpha value is -0.490. The molecule has 15 heavy (non-hydrogen) atoms. The molecule has 3 atom stereocenters. The van der Waals surface area contributed by atoms with Gasteiger partial charge in [-0.05, 0) is 12.3 Å². The Balaban J connectivity index is 2.27. The van der Waals surface area contributed by atoms with Crippen LogP contribution >= 0.6 is 0 Å². The highest BCUT2D eigenvalue weighted by molar-refractivity contribution is 5.83. The van der Waals surface area contributed by atoms with Gasteiger partial charge in [-0.1, -0.05) is 0 Å². The van der Waals surface area contributed by atoms with Gasteiger partial charge in [-0.15, -0.1) is 0 Å². The van der Waals surface area contributed by atoms with Crippen molar-refractivity contribution in [3.05, 3.63) is 0 Å². The molecule has 0 aromatic rings. The minimum absolute atomic E-state index is 0.00230. The third-order valence-electron chi connectivity index (χ3n) is 2.80. The smallest absolute Gasteiger partial charge is 0.138 e. The number of aliphatic hydroxyl groups is 3. The number of ether oxygens (including phenoxy) is 1. The minimum Gasteiger partial charge on any atom is -0.396 e. The number of Topliss-reactive ketones (excluding diaryl/α,β-unsaturated/α-hetero) is 1. The van der Waals surface area contributed by atoms with E-state index >= 15 is 0 Å². The van der Waals surface area contributed by atoms with E-state index in [0.717, 1.165) is 0 Å². The fourth-order valence-corrected chi connectivity index (χ4v) is 1.81. The van der Waals surface area contributed by atoms with E-state index in [2.05, 4.69) is 0 Å². The molecule has 88 valence electrons. The molecule has 1 saturated carbocycles. The molecule has 0 radical (unpaired) electrons. The monoisotopic (exact) mass is 218 g/mol. The molecule has 0 saturated heterocycles. The van der Waals surface area contributed by atoms with Gasteiger partial charge >= 0.3 is 0 Å². The van der Waals surface area contributed by atoms with Gasteiger partial charge in [0.25, 0.3) is 0 Å². The van der Waals surface area contributed by atoms with E-state index in [4.69, 9.17) is 20.1 Å². The zero-order valence-corrected chi connectivity index (χ0v) is 8.63. The minimum atomic E-state index is -0.894. The first-order valence-electron chi connectivity index (χ1n) is 5.19. The van der Waals surface area contributed by atoms with Crippen molar-refractivity contribution in [2.24, 2.45) is 11.8 Å². The van der Waals surface area contributed by atoms with Crippen LogP contribution in [-0.4, -0.2) is 53.6 Å². The number of ketones is 1. The summed E-state index contributed by atoms with van der Waals surface area (Å²) >= 11 is 0. The van der Waals surface area contributed by atoms with Crippen LogP contribution in [0.2, 0.25) is 0 Å². The second-order valence-corrected chi connectivity index (χ2v) is 3.93. The number of rotatable bonds is 6.